The molecule has 0 saturated heterocycles. The quantitative estimate of drug-likeness (QED) is 0.191. The monoisotopic (exact) mass is 645 g/mol. The van der Waals surface area contributed by atoms with Crippen molar-refractivity contribution < 1.29 is 8.83 Å². The molecule has 11 rings (SSSR count). The van der Waals surface area contributed by atoms with Gasteiger partial charge in [0.05, 0.1) is 4.70 Å². The zero-order valence-corrected chi connectivity index (χ0v) is 26.7. The number of benzene rings is 7. The van der Waals surface area contributed by atoms with Gasteiger partial charge in [-0.05, 0) is 53.2 Å². The smallest absolute Gasteiger partial charge is 0.165 e. The van der Waals surface area contributed by atoms with Crippen molar-refractivity contribution in [2.45, 2.75) is 0 Å². The third-order valence-electron chi connectivity index (χ3n) is 9.51. The first-order valence-corrected chi connectivity index (χ1v) is 17.0. The molecule has 0 amide bonds. The summed E-state index contributed by atoms with van der Waals surface area (Å²) in [6.07, 6.45) is 0. The maximum absolute atomic E-state index is 6.56. The Morgan fingerprint density at radius 2 is 1.04 bits per heavy atom. The van der Waals surface area contributed by atoms with Crippen LogP contribution in [0.1, 0.15) is 0 Å². The SMILES string of the molecule is c1ccc2cc(-c3nc(-c4ccc5c(c4)oc4ccccc45)nc(-c4cc5c6ccccc6oc5c5c4sc4ccccc45)n3)ccc2c1. The topological polar surface area (TPSA) is 65.0 Å². The molecule has 0 aliphatic rings. The summed E-state index contributed by atoms with van der Waals surface area (Å²) >= 11 is 1.74. The molecule has 0 unspecified atom stereocenters. The Kier molecular flexibility index (Phi) is 5.48. The van der Waals surface area contributed by atoms with Crippen molar-refractivity contribution in [2.24, 2.45) is 0 Å². The van der Waals surface area contributed by atoms with Crippen LogP contribution < -0.4 is 0 Å². The number of furan rings is 2. The fraction of sp³-hybridized carbons (Fsp3) is 0. The molecular formula is C43H23N3O2S. The van der Waals surface area contributed by atoms with Crippen molar-refractivity contribution in [3.05, 3.63) is 140 Å². The minimum atomic E-state index is 0.585. The molecule has 5 nitrogen and oxygen atoms in total. The second-order valence-electron chi connectivity index (χ2n) is 12.4. The molecule has 4 aromatic heterocycles. The van der Waals surface area contributed by atoms with Crippen LogP contribution in [0.5, 0.6) is 0 Å². The number of rotatable bonds is 3. The summed E-state index contributed by atoms with van der Waals surface area (Å²) in [6.45, 7) is 0. The van der Waals surface area contributed by atoms with E-state index in [-0.39, 0.29) is 0 Å². The summed E-state index contributed by atoms with van der Waals surface area (Å²) < 4.78 is 15.1. The number of aromatic nitrogens is 3. The van der Waals surface area contributed by atoms with Crippen LogP contribution >= 0.6 is 11.3 Å². The molecule has 6 heteroatoms. The Morgan fingerprint density at radius 3 is 1.88 bits per heavy atom. The Bertz CT molecular complexity index is 3130. The summed E-state index contributed by atoms with van der Waals surface area (Å²) in [6, 6.07) is 48.0. The molecule has 49 heavy (non-hydrogen) atoms. The van der Waals surface area contributed by atoms with Gasteiger partial charge in [0, 0.05) is 53.7 Å². The highest BCUT2D eigenvalue weighted by atomic mass is 32.1. The van der Waals surface area contributed by atoms with E-state index in [4.69, 9.17) is 23.8 Å². The third kappa shape index (κ3) is 4.01. The van der Waals surface area contributed by atoms with E-state index < -0.39 is 0 Å². The Labute approximate surface area is 282 Å². The van der Waals surface area contributed by atoms with E-state index >= 15 is 0 Å². The number of hydrogen-bond donors (Lipinski definition) is 0. The van der Waals surface area contributed by atoms with E-state index in [2.05, 4.69) is 103 Å². The van der Waals surface area contributed by atoms with E-state index in [9.17, 15) is 0 Å². The van der Waals surface area contributed by atoms with Crippen molar-refractivity contribution in [1.29, 1.82) is 0 Å². The van der Waals surface area contributed by atoms with E-state index in [1.807, 2.05) is 36.4 Å². The van der Waals surface area contributed by atoms with Crippen molar-refractivity contribution >= 4 is 86.2 Å². The fourth-order valence-electron chi connectivity index (χ4n) is 7.18. The molecule has 11 aromatic rings. The van der Waals surface area contributed by atoms with Crippen LogP contribution in [-0.4, -0.2) is 15.0 Å². The predicted molar refractivity (Wildman–Crippen MR) is 201 cm³/mol. The number of hydrogen-bond acceptors (Lipinski definition) is 6. The standard InChI is InChI=1S/C43H23N3O2S/c1-2-10-25-21-26(18-17-24(25)9-1)41-44-42(27-19-20-30-28-11-3-6-14-34(28)47-36(30)22-27)46-43(45-41)33-23-32-29-12-4-7-15-35(29)48-39(32)38-31-13-5-8-16-37(31)49-40(33)38/h1-23H. The van der Waals surface area contributed by atoms with Crippen LogP contribution in [-0.2, 0) is 0 Å². The normalized spacial score (nSPS) is 12.1. The molecule has 4 heterocycles. The van der Waals surface area contributed by atoms with E-state index in [1.54, 1.807) is 11.3 Å². The number of thiophene rings is 1. The third-order valence-corrected chi connectivity index (χ3v) is 10.7. The molecule has 0 saturated carbocycles. The predicted octanol–water partition coefficient (Wildman–Crippen LogP) is 12.2. The lowest BCUT2D eigenvalue weighted by atomic mass is 10.0. The van der Waals surface area contributed by atoms with Gasteiger partial charge in [-0.1, -0.05) is 97.1 Å². The van der Waals surface area contributed by atoms with Crippen LogP contribution in [0.15, 0.2) is 148 Å². The summed E-state index contributed by atoms with van der Waals surface area (Å²) in [4.78, 5) is 15.6. The van der Waals surface area contributed by atoms with Gasteiger partial charge in [-0.15, -0.1) is 11.3 Å². The van der Waals surface area contributed by atoms with Gasteiger partial charge >= 0.3 is 0 Å². The van der Waals surface area contributed by atoms with Crippen LogP contribution in [0.25, 0.3) is 109 Å². The van der Waals surface area contributed by atoms with Crippen LogP contribution in [0, 0.1) is 0 Å². The lowest BCUT2D eigenvalue weighted by Gasteiger charge is -2.10. The van der Waals surface area contributed by atoms with E-state index in [0.29, 0.717) is 17.5 Å². The Hall–Kier alpha value is -6.37. The van der Waals surface area contributed by atoms with Crippen molar-refractivity contribution in [3.63, 3.8) is 0 Å². The molecule has 0 fully saturated rings. The average Bonchev–Trinajstić information content (AvgIpc) is 3.85. The van der Waals surface area contributed by atoms with Crippen LogP contribution in [0.4, 0.5) is 0 Å². The molecule has 0 atom stereocenters. The molecule has 0 N–H and O–H groups in total. The summed E-state index contributed by atoms with van der Waals surface area (Å²) in [7, 11) is 0. The Morgan fingerprint density at radius 1 is 0.429 bits per heavy atom. The largest absolute Gasteiger partial charge is 0.456 e. The first kappa shape index (κ1) is 26.7. The van der Waals surface area contributed by atoms with Crippen molar-refractivity contribution in [1.82, 2.24) is 15.0 Å². The molecule has 0 aliphatic heterocycles. The molecule has 0 aliphatic carbocycles. The molecule has 228 valence electrons. The second-order valence-corrected chi connectivity index (χ2v) is 13.4. The minimum Gasteiger partial charge on any atom is -0.456 e. The number of nitrogens with zero attached hydrogens (tertiary/aromatic N) is 3. The van der Waals surface area contributed by atoms with Gasteiger partial charge in [0.2, 0.25) is 0 Å². The fourth-order valence-corrected chi connectivity index (χ4v) is 8.39. The van der Waals surface area contributed by atoms with Gasteiger partial charge in [0.15, 0.2) is 17.5 Å². The Balaban J connectivity index is 1.22. The zero-order valence-electron chi connectivity index (χ0n) is 25.8. The van der Waals surface area contributed by atoms with Crippen molar-refractivity contribution in [3.8, 4) is 34.2 Å². The molecular weight excluding hydrogens is 623 g/mol. The second kappa shape index (κ2) is 10.1. The molecule has 0 spiro atoms. The van der Waals surface area contributed by atoms with Crippen LogP contribution in [0.3, 0.4) is 0 Å². The average molecular weight is 646 g/mol. The van der Waals surface area contributed by atoms with E-state index in [1.165, 1.54) is 10.1 Å². The highest BCUT2D eigenvalue weighted by Crippen LogP contribution is 2.46. The van der Waals surface area contributed by atoms with Gasteiger partial charge in [-0.2, -0.15) is 0 Å². The van der Waals surface area contributed by atoms with Crippen LogP contribution in [0.2, 0.25) is 0 Å². The molecule has 0 radical (unpaired) electrons. The van der Waals surface area contributed by atoms with Crippen molar-refractivity contribution in [2.75, 3.05) is 0 Å². The van der Waals surface area contributed by atoms with Gasteiger partial charge < -0.3 is 8.83 Å². The van der Waals surface area contributed by atoms with Gasteiger partial charge in [-0.3, -0.25) is 0 Å². The van der Waals surface area contributed by atoms with Gasteiger partial charge in [-0.25, -0.2) is 15.0 Å². The maximum Gasteiger partial charge on any atom is 0.165 e. The summed E-state index contributed by atoms with van der Waals surface area (Å²) in [5.74, 6) is 1.81. The zero-order chi connectivity index (χ0) is 32.1. The minimum absolute atomic E-state index is 0.585. The molecule has 0 bridgehead atoms. The summed E-state index contributed by atoms with van der Waals surface area (Å²) in [5.41, 5.74) is 6.14. The highest BCUT2D eigenvalue weighted by Gasteiger charge is 2.22. The number of para-hydroxylation sites is 2. The lowest BCUT2D eigenvalue weighted by molar-refractivity contribution is 0.669. The number of fused-ring (bicyclic) bond motifs is 11. The highest BCUT2D eigenvalue weighted by molar-refractivity contribution is 7.26. The lowest BCUT2D eigenvalue weighted by Crippen LogP contribution is -2.00. The summed E-state index contributed by atoms with van der Waals surface area (Å²) in [5, 5.41) is 8.80. The van der Waals surface area contributed by atoms with Gasteiger partial charge in [0.1, 0.15) is 22.3 Å². The molecule has 7 aromatic carbocycles. The first-order valence-electron chi connectivity index (χ1n) is 16.2. The van der Waals surface area contributed by atoms with E-state index in [0.717, 1.165) is 81.4 Å². The van der Waals surface area contributed by atoms with Gasteiger partial charge in [0.25, 0.3) is 0 Å². The maximum atomic E-state index is 6.56. The first-order chi connectivity index (χ1) is 24.2.